The Morgan fingerprint density at radius 2 is 2.25 bits per heavy atom. The second kappa shape index (κ2) is 5.85. The molecule has 1 aromatic heterocycles. The average molecular weight is 359 g/mol. The van der Waals surface area contributed by atoms with Crippen molar-refractivity contribution in [1.82, 2.24) is 9.55 Å². The molecule has 0 unspecified atom stereocenters. The van der Waals surface area contributed by atoms with E-state index in [1.807, 2.05) is 13.0 Å². The molecule has 7 heteroatoms. The van der Waals surface area contributed by atoms with Gasteiger partial charge in [0.2, 0.25) is 0 Å². The maximum absolute atomic E-state index is 11.7. The quantitative estimate of drug-likeness (QED) is 0.855. The number of nitrogens with two attached hydrogens (primary N) is 1. The zero-order chi connectivity index (χ0) is 14.9. The number of carbonyl (C=O) groups excluding carboxylic acids is 1. The molecule has 0 spiro atoms. The van der Waals surface area contributed by atoms with Gasteiger partial charge in [-0.1, -0.05) is 18.5 Å². The molecule has 1 heterocycles. The smallest absolute Gasteiger partial charge is 0.360 e. The van der Waals surface area contributed by atoms with Gasteiger partial charge in [-0.3, -0.25) is 4.57 Å². The van der Waals surface area contributed by atoms with E-state index < -0.39 is 5.97 Å². The van der Waals surface area contributed by atoms with Crippen LogP contribution in [-0.2, 0) is 11.2 Å². The Balaban J connectivity index is 2.70. The van der Waals surface area contributed by atoms with Crippen LogP contribution in [0.5, 0.6) is 0 Å². The number of nitrogens with zero attached hydrogens (tertiary/aromatic N) is 2. The van der Waals surface area contributed by atoms with Crippen LogP contribution in [0.4, 0.5) is 5.82 Å². The molecule has 0 saturated carbocycles. The van der Waals surface area contributed by atoms with Gasteiger partial charge in [0.15, 0.2) is 5.69 Å². The molecule has 0 radical (unpaired) electrons. The monoisotopic (exact) mass is 357 g/mol. The van der Waals surface area contributed by atoms with Crippen LogP contribution in [0.3, 0.4) is 0 Å². The Labute approximate surface area is 129 Å². The number of benzene rings is 1. The number of methoxy groups -OCH3 is 1. The van der Waals surface area contributed by atoms with E-state index in [0.717, 1.165) is 10.2 Å². The van der Waals surface area contributed by atoms with E-state index in [0.29, 0.717) is 17.3 Å². The summed E-state index contributed by atoms with van der Waals surface area (Å²) in [5.74, 6) is 0.330. The summed E-state index contributed by atoms with van der Waals surface area (Å²) in [4.78, 5) is 15.9. The molecule has 0 aliphatic rings. The van der Waals surface area contributed by atoms with Gasteiger partial charge in [-0.15, -0.1) is 0 Å². The first kappa shape index (κ1) is 14.9. The lowest BCUT2D eigenvalue weighted by Crippen LogP contribution is -2.08. The fourth-order valence-corrected chi connectivity index (χ4v) is 2.48. The fraction of sp³-hybridized carbons (Fsp3) is 0.231. The van der Waals surface area contributed by atoms with E-state index in [2.05, 4.69) is 25.7 Å². The van der Waals surface area contributed by atoms with Gasteiger partial charge in [0, 0.05) is 15.9 Å². The lowest BCUT2D eigenvalue weighted by Gasteiger charge is -2.11. The Morgan fingerprint density at radius 3 is 2.85 bits per heavy atom. The van der Waals surface area contributed by atoms with E-state index in [4.69, 9.17) is 17.3 Å². The Hall–Kier alpha value is -1.53. The molecular weight excluding hydrogens is 346 g/mol. The van der Waals surface area contributed by atoms with Gasteiger partial charge >= 0.3 is 5.97 Å². The van der Waals surface area contributed by atoms with E-state index in [1.165, 1.54) is 7.11 Å². The number of esters is 1. The van der Waals surface area contributed by atoms with Crippen LogP contribution in [0, 0.1) is 0 Å². The van der Waals surface area contributed by atoms with Crippen molar-refractivity contribution < 1.29 is 9.53 Å². The number of hydrogen-bond donors (Lipinski definition) is 1. The van der Waals surface area contributed by atoms with Crippen LogP contribution in [0.2, 0.25) is 5.02 Å². The molecular formula is C13H13BrClN3O2. The third-order valence-corrected chi connectivity index (χ3v) is 3.73. The first-order valence-corrected chi connectivity index (χ1v) is 7.07. The number of anilines is 1. The van der Waals surface area contributed by atoms with Crippen molar-refractivity contribution in [3.63, 3.8) is 0 Å². The maximum atomic E-state index is 11.7. The standard InChI is InChI=1S/C13H13BrClN3O2/c1-3-10-17-11(13(19)20-2)12(16)18(10)9-6-7(15)4-5-8(9)14/h4-6H,3,16H2,1-2H3. The second-order valence-corrected chi connectivity index (χ2v) is 5.33. The molecule has 20 heavy (non-hydrogen) atoms. The van der Waals surface area contributed by atoms with E-state index >= 15 is 0 Å². The Morgan fingerprint density at radius 1 is 1.55 bits per heavy atom. The van der Waals surface area contributed by atoms with Gasteiger partial charge in [-0.05, 0) is 34.1 Å². The molecule has 2 aromatic rings. The number of aryl methyl sites for hydroxylation is 1. The molecule has 0 atom stereocenters. The lowest BCUT2D eigenvalue weighted by molar-refractivity contribution is 0.0596. The van der Waals surface area contributed by atoms with Crippen LogP contribution in [-0.4, -0.2) is 22.6 Å². The zero-order valence-electron chi connectivity index (χ0n) is 11.0. The van der Waals surface area contributed by atoms with Gasteiger partial charge in [0.25, 0.3) is 0 Å². The fourth-order valence-electron chi connectivity index (χ4n) is 1.89. The number of hydrogen-bond acceptors (Lipinski definition) is 4. The molecule has 0 aliphatic heterocycles. The van der Waals surface area contributed by atoms with Gasteiger partial charge in [0.05, 0.1) is 12.8 Å². The Bertz CT molecular complexity index is 670. The van der Waals surface area contributed by atoms with Crippen molar-refractivity contribution in [2.45, 2.75) is 13.3 Å². The highest BCUT2D eigenvalue weighted by molar-refractivity contribution is 9.10. The maximum Gasteiger partial charge on any atom is 0.360 e. The van der Waals surface area contributed by atoms with Crippen LogP contribution in [0.15, 0.2) is 22.7 Å². The normalized spacial score (nSPS) is 10.6. The highest BCUT2D eigenvalue weighted by atomic mass is 79.9. The van der Waals surface area contributed by atoms with Crippen LogP contribution in [0.1, 0.15) is 23.2 Å². The van der Waals surface area contributed by atoms with Crippen LogP contribution >= 0.6 is 27.5 Å². The van der Waals surface area contributed by atoms with Crippen molar-refractivity contribution in [3.8, 4) is 5.69 Å². The number of ether oxygens (including phenoxy) is 1. The second-order valence-electron chi connectivity index (χ2n) is 4.04. The molecule has 2 N–H and O–H groups in total. The SMILES string of the molecule is CCc1nc(C(=O)OC)c(N)n1-c1cc(Cl)ccc1Br. The van der Waals surface area contributed by atoms with Crippen molar-refractivity contribution >= 4 is 39.3 Å². The van der Waals surface area contributed by atoms with Crippen molar-refractivity contribution in [1.29, 1.82) is 0 Å². The first-order valence-electron chi connectivity index (χ1n) is 5.90. The number of carbonyl (C=O) groups is 1. The molecule has 0 saturated heterocycles. The summed E-state index contributed by atoms with van der Waals surface area (Å²) in [6, 6.07) is 5.33. The van der Waals surface area contributed by atoms with Crippen molar-refractivity contribution in [3.05, 3.63) is 39.2 Å². The first-order chi connectivity index (χ1) is 9.49. The minimum atomic E-state index is -0.561. The van der Waals surface area contributed by atoms with Crippen molar-refractivity contribution in [2.75, 3.05) is 12.8 Å². The minimum Gasteiger partial charge on any atom is -0.464 e. The highest BCUT2D eigenvalue weighted by Crippen LogP contribution is 2.30. The van der Waals surface area contributed by atoms with Gasteiger partial charge < -0.3 is 10.5 Å². The summed E-state index contributed by atoms with van der Waals surface area (Å²) < 4.78 is 7.19. The van der Waals surface area contributed by atoms with Gasteiger partial charge in [-0.25, -0.2) is 9.78 Å². The van der Waals surface area contributed by atoms with Crippen LogP contribution in [0.25, 0.3) is 5.69 Å². The van der Waals surface area contributed by atoms with Gasteiger partial charge in [-0.2, -0.15) is 0 Å². The van der Waals surface area contributed by atoms with E-state index in [9.17, 15) is 4.79 Å². The molecule has 5 nitrogen and oxygen atoms in total. The largest absolute Gasteiger partial charge is 0.464 e. The number of aromatic nitrogens is 2. The van der Waals surface area contributed by atoms with Gasteiger partial charge in [0.1, 0.15) is 11.6 Å². The molecule has 1 aromatic carbocycles. The average Bonchev–Trinajstić information content (AvgIpc) is 2.77. The summed E-state index contributed by atoms with van der Waals surface area (Å²) in [6.45, 7) is 1.93. The predicted molar refractivity (Wildman–Crippen MR) is 81.4 cm³/mol. The summed E-state index contributed by atoms with van der Waals surface area (Å²) >= 11 is 9.47. The van der Waals surface area contributed by atoms with Crippen LogP contribution < -0.4 is 5.73 Å². The minimum absolute atomic E-state index is 0.108. The number of nitrogen functional groups attached to an aromatic ring is 1. The molecule has 2 rings (SSSR count). The Kier molecular flexibility index (Phi) is 4.35. The zero-order valence-corrected chi connectivity index (χ0v) is 13.3. The highest BCUT2D eigenvalue weighted by Gasteiger charge is 2.22. The topological polar surface area (TPSA) is 70.1 Å². The molecule has 106 valence electrons. The summed E-state index contributed by atoms with van der Waals surface area (Å²) in [5.41, 5.74) is 6.88. The summed E-state index contributed by atoms with van der Waals surface area (Å²) in [5, 5.41) is 0.568. The third-order valence-electron chi connectivity index (χ3n) is 2.83. The molecule has 0 aliphatic carbocycles. The van der Waals surface area contributed by atoms with E-state index in [1.54, 1.807) is 16.7 Å². The number of imidazole rings is 1. The summed E-state index contributed by atoms with van der Waals surface area (Å²) in [6.07, 6.45) is 0.611. The number of rotatable bonds is 3. The third kappa shape index (κ3) is 2.53. The summed E-state index contributed by atoms with van der Waals surface area (Å²) in [7, 11) is 1.29. The van der Waals surface area contributed by atoms with Crippen molar-refractivity contribution in [2.24, 2.45) is 0 Å². The molecule has 0 amide bonds. The molecule has 0 bridgehead atoms. The predicted octanol–water partition coefficient (Wildman–Crippen LogP) is 3.22. The molecule has 0 fully saturated rings. The number of halogens is 2. The lowest BCUT2D eigenvalue weighted by atomic mass is 10.3. The van der Waals surface area contributed by atoms with E-state index in [-0.39, 0.29) is 11.5 Å².